The summed E-state index contributed by atoms with van der Waals surface area (Å²) in [5, 5.41) is 3.24. The van der Waals surface area contributed by atoms with Crippen molar-refractivity contribution in [2.75, 3.05) is 11.9 Å². The van der Waals surface area contributed by atoms with Crippen LogP contribution in [0, 0.1) is 6.92 Å². The molecule has 2 aromatic carbocycles. The highest BCUT2D eigenvalue weighted by atomic mass is 35.5. The van der Waals surface area contributed by atoms with Gasteiger partial charge < -0.3 is 10.1 Å². The van der Waals surface area contributed by atoms with Crippen molar-refractivity contribution in [3.8, 4) is 0 Å². The van der Waals surface area contributed by atoms with E-state index in [9.17, 15) is 19.2 Å². The summed E-state index contributed by atoms with van der Waals surface area (Å²) in [5.41, 5.74) is 7.05. The topological polar surface area (TPSA) is 114 Å². The van der Waals surface area contributed by atoms with Gasteiger partial charge in [0.25, 0.3) is 0 Å². The van der Waals surface area contributed by atoms with Crippen molar-refractivity contribution in [3.05, 3.63) is 64.7 Å². The fourth-order valence-electron chi connectivity index (χ4n) is 3.02. The number of hydrogen-bond donors (Lipinski definition) is 3. The standard InChI is InChI=1S/C25H30ClN3O5/c1-18-20(26)11-5-12-21(18)27-22(30)15-16-24(32)29-28-23(31)13-6-14-25(33)34-17-7-10-19-8-3-2-4-9-19/h2-5,8-9,11-12H,6-7,10,13-17H2,1H3,(H,27,30)(H,28,31)(H,29,32). The Bertz CT molecular complexity index is 982. The number of rotatable bonds is 12. The van der Waals surface area contributed by atoms with E-state index in [1.54, 1.807) is 25.1 Å². The highest BCUT2D eigenvalue weighted by Gasteiger charge is 2.11. The third-order valence-electron chi connectivity index (χ3n) is 4.96. The molecule has 0 heterocycles. The van der Waals surface area contributed by atoms with Crippen LogP contribution in [0.1, 0.15) is 49.7 Å². The van der Waals surface area contributed by atoms with E-state index in [1.165, 1.54) is 5.56 Å². The predicted octanol–water partition coefficient (Wildman–Crippen LogP) is 3.86. The molecule has 0 bridgehead atoms. The molecule has 0 aliphatic carbocycles. The van der Waals surface area contributed by atoms with Crippen LogP contribution in [0.15, 0.2) is 48.5 Å². The number of halogens is 1. The predicted molar refractivity (Wildman–Crippen MR) is 130 cm³/mol. The number of ether oxygens (including phenoxy) is 1. The first kappa shape index (κ1) is 26.9. The number of hydrazine groups is 1. The van der Waals surface area contributed by atoms with E-state index >= 15 is 0 Å². The Balaban J connectivity index is 1.51. The Morgan fingerprint density at radius 2 is 1.47 bits per heavy atom. The summed E-state index contributed by atoms with van der Waals surface area (Å²) in [4.78, 5) is 47.5. The number of hydrogen-bond acceptors (Lipinski definition) is 5. The van der Waals surface area contributed by atoms with Crippen LogP contribution in [-0.2, 0) is 30.3 Å². The van der Waals surface area contributed by atoms with Gasteiger partial charge in [-0.15, -0.1) is 0 Å². The van der Waals surface area contributed by atoms with Gasteiger partial charge in [-0.2, -0.15) is 0 Å². The van der Waals surface area contributed by atoms with Crippen LogP contribution in [0.2, 0.25) is 5.02 Å². The van der Waals surface area contributed by atoms with Gasteiger partial charge in [0, 0.05) is 36.4 Å². The van der Waals surface area contributed by atoms with E-state index < -0.39 is 11.8 Å². The summed E-state index contributed by atoms with van der Waals surface area (Å²) in [5.74, 6) is -1.62. The van der Waals surface area contributed by atoms with E-state index in [-0.39, 0.29) is 37.6 Å². The molecule has 0 radical (unpaired) electrons. The number of carbonyl (C=O) groups excluding carboxylic acids is 4. The van der Waals surface area contributed by atoms with Crippen LogP contribution in [0.4, 0.5) is 5.69 Å². The zero-order valence-corrected chi connectivity index (χ0v) is 20.0. The lowest BCUT2D eigenvalue weighted by Crippen LogP contribution is -2.41. The second-order valence-electron chi connectivity index (χ2n) is 7.72. The zero-order valence-electron chi connectivity index (χ0n) is 19.2. The lowest BCUT2D eigenvalue weighted by Gasteiger charge is -2.10. The van der Waals surface area contributed by atoms with Gasteiger partial charge in [-0.25, -0.2) is 0 Å². The molecular formula is C25H30ClN3O5. The minimum Gasteiger partial charge on any atom is -0.466 e. The highest BCUT2D eigenvalue weighted by Crippen LogP contribution is 2.23. The van der Waals surface area contributed by atoms with E-state index in [0.717, 1.165) is 18.4 Å². The van der Waals surface area contributed by atoms with Gasteiger partial charge in [-0.3, -0.25) is 30.0 Å². The summed E-state index contributed by atoms with van der Waals surface area (Å²) in [6.45, 7) is 2.12. The number of aryl methyl sites for hydroxylation is 1. The van der Waals surface area contributed by atoms with Crippen molar-refractivity contribution in [2.45, 2.75) is 51.9 Å². The molecule has 0 aromatic heterocycles. The molecule has 0 aliphatic heterocycles. The fourth-order valence-corrected chi connectivity index (χ4v) is 3.19. The third kappa shape index (κ3) is 10.5. The molecule has 0 atom stereocenters. The number of amides is 3. The Morgan fingerprint density at radius 1 is 0.794 bits per heavy atom. The summed E-state index contributed by atoms with van der Waals surface area (Å²) < 4.78 is 5.17. The van der Waals surface area contributed by atoms with E-state index in [4.69, 9.17) is 16.3 Å². The third-order valence-corrected chi connectivity index (χ3v) is 5.37. The van der Waals surface area contributed by atoms with Crippen LogP contribution in [0.25, 0.3) is 0 Å². The lowest BCUT2D eigenvalue weighted by molar-refractivity contribution is -0.144. The van der Waals surface area contributed by atoms with E-state index in [2.05, 4.69) is 16.2 Å². The smallest absolute Gasteiger partial charge is 0.305 e. The minimum absolute atomic E-state index is 0.0518. The SMILES string of the molecule is Cc1c(Cl)cccc1NC(=O)CCC(=O)NNC(=O)CCCC(=O)OCCCc1ccccc1. The number of esters is 1. The average Bonchev–Trinajstić information content (AvgIpc) is 2.83. The Hall–Kier alpha value is -3.39. The molecule has 0 fully saturated rings. The van der Waals surface area contributed by atoms with E-state index in [1.807, 2.05) is 30.3 Å². The summed E-state index contributed by atoms with van der Waals surface area (Å²) >= 11 is 6.02. The molecule has 34 heavy (non-hydrogen) atoms. The molecule has 8 nitrogen and oxygen atoms in total. The van der Waals surface area contributed by atoms with Gasteiger partial charge in [0.05, 0.1) is 6.61 Å². The normalized spacial score (nSPS) is 10.3. The monoisotopic (exact) mass is 487 g/mol. The zero-order chi connectivity index (χ0) is 24.8. The van der Waals surface area contributed by atoms with Gasteiger partial charge in [-0.05, 0) is 49.4 Å². The number of nitrogens with one attached hydrogen (secondary N) is 3. The maximum absolute atomic E-state index is 12.0. The van der Waals surface area contributed by atoms with Crippen molar-refractivity contribution >= 4 is 41.0 Å². The van der Waals surface area contributed by atoms with Crippen LogP contribution in [0.3, 0.4) is 0 Å². The summed E-state index contributed by atoms with van der Waals surface area (Å²) in [6.07, 6.45) is 1.91. The molecular weight excluding hydrogens is 458 g/mol. The minimum atomic E-state index is -0.496. The van der Waals surface area contributed by atoms with E-state index in [0.29, 0.717) is 23.7 Å². The molecule has 0 unspecified atom stereocenters. The molecule has 3 amide bonds. The van der Waals surface area contributed by atoms with Crippen LogP contribution in [-0.4, -0.2) is 30.3 Å². The largest absolute Gasteiger partial charge is 0.466 e. The van der Waals surface area contributed by atoms with Crippen molar-refractivity contribution in [2.24, 2.45) is 0 Å². The maximum atomic E-state index is 12.0. The Kier molecular flexibility index (Phi) is 11.6. The van der Waals surface area contributed by atoms with Crippen LogP contribution < -0.4 is 16.2 Å². The van der Waals surface area contributed by atoms with Gasteiger partial charge >= 0.3 is 5.97 Å². The molecule has 9 heteroatoms. The van der Waals surface area contributed by atoms with Gasteiger partial charge in [0.15, 0.2) is 0 Å². The van der Waals surface area contributed by atoms with Crippen molar-refractivity contribution in [1.29, 1.82) is 0 Å². The molecule has 0 saturated heterocycles. The molecule has 0 spiro atoms. The lowest BCUT2D eigenvalue weighted by atomic mass is 10.1. The second-order valence-corrected chi connectivity index (χ2v) is 8.13. The molecule has 3 N–H and O–H groups in total. The number of benzene rings is 2. The molecule has 0 aliphatic rings. The van der Waals surface area contributed by atoms with Crippen molar-refractivity contribution in [3.63, 3.8) is 0 Å². The first-order valence-electron chi connectivity index (χ1n) is 11.2. The molecule has 2 aromatic rings. The molecule has 0 saturated carbocycles. The van der Waals surface area contributed by atoms with Gasteiger partial charge in [0.1, 0.15) is 0 Å². The Labute approximate surface area is 204 Å². The van der Waals surface area contributed by atoms with Crippen LogP contribution >= 0.6 is 11.6 Å². The quantitative estimate of drug-likeness (QED) is 0.239. The number of carbonyl (C=O) groups is 4. The highest BCUT2D eigenvalue weighted by molar-refractivity contribution is 6.31. The fraction of sp³-hybridized carbons (Fsp3) is 0.360. The second kappa shape index (κ2) is 14.7. The average molecular weight is 488 g/mol. The Morgan fingerprint density at radius 3 is 2.21 bits per heavy atom. The van der Waals surface area contributed by atoms with Crippen molar-refractivity contribution in [1.82, 2.24) is 10.9 Å². The maximum Gasteiger partial charge on any atom is 0.305 e. The first-order chi connectivity index (χ1) is 16.3. The summed E-state index contributed by atoms with van der Waals surface area (Å²) in [6, 6.07) is 15.1. The van der Waals surface area contributed by atoms with Crippen LogP contribution in [0.5, 0.6) is 0 Å². The van der Waals surface area contributed by atoms with Crippen molar-refractivity contribution < 1.29 is 23.9 Å². The first-order valence-corrected chi connectivity index (χ1v) is 11.5. The molecule has 2 rings (SSSR count). The summed E-state index contributed by atoms with van der Waals surface area (Å²) in [7, 11) is 0. The van der Waals surface area contributed by atoms with Gasteiger partial charge in [-0.1, -0.05) is 48.0 Å². The van der Waals surface area contributed by atoms with Gasteiger partial charge in [0.2, 0.25) is 17.7 Å². The number of anilines is 1. The molecule has 182 valence electrons.